The Morgan fingerprint density at radius 1 is 1.30 bits per heavy atom. The number of benzene rings is 1. The molecule has 2 N–H and O–H groups in total. The number of halogens is 2. The van der Waals surface area contributed by atoms with Gasteiger partial charge in [0.15, 0.2) is 17.4 Å². The van der Waals surface area contributed by atoms with Crippen molar-refractivity contribution in [1.29, 1.82) is 0 Å². The van der Waals surface area contributed by atoms with Gasteiger partial charge in [-0.2, -0.15) is 0 Å². The number of aryl methyl sites for hydroxylation is 2. The molecule has 0 aliphatic rings. The first kappa shape index (κ1) is 17.0. The van der Waals surface area contributed by atoms with Crippen LogP contribution in [0, 0.1) is 25.5 Å². The Morgan fingerprint density at radius 3 is 2.65 bits per heavy atom. The molecule has 7 heteroatoms. The molecule has 0 aliphatic heterocycles. The van der Waals surface area contributed by atoms with Crippen molar-refractivity contribution in [2.24, 2.45) is 0 Å². The molecule has 0 fully saturated rings. The zero-order valence-corrected chi connectivity index (χ0v) is 12.7. The summed E-state index contributed by atoms with van der Waals surface area (Å²) in [6.45, 7) is 3.23. The number of amides is 1. The van der Waals surface area contributed by atoms with E-state index in [9.17, 15) is 18.7 Å². The largest absolute Gasteiger partial charge is 0.491 e. The van der Waals surface area contributed by atoms with Crippen molar-refractivity contribution in [3.8, 4) is 5.75 Å². The summed E-state index contributed by atoms with van der Waals surface area (Å²) >= 11 is 0. The van der Waals surface area contributed by atoms with E-state index in [1.165, 1.54) is 6.07 Å². The van der Waals surface area contributed by atoms with Gasteiger partial charge in [0.2, 0.25) is 0 Å². The first-order valence-electron chi connectivity index (χ1n) is 6.98. The Balaban J connectivity index is 1.80. The number of carbonyl (C=O) groups is 1. The van der Waals surface area contributed by atoms with Gasteiger partial charge in [0.05, 0.1) is 0 Å². The molecule has 2 rings (SSSR count). The molecule has 0 saturated carbocycles. The van der Waals surface area contributed by atoms with Crippen molar-refractivity contribution >= 4 is 5.91 Å². The van der Waals surface area contributed by atoms with E-state index in [0.29, 0.717) is 11.3 Å². The van der Waals surface area contributed by atoms with Crippen LogP contribution in [0.2, 0.25) is 0 Å². The van der Waals surface area contributed by atoms with Crippen molar-refractivity contribution in [3.05, 3.63) is 53.0 Å². The van der Waals surface area contributed by atoms with Crippen LogP contribution >= 0.6 is 0 Å². The number of hydrogen-bond donors (Lipinski definition) is 2. The lowest BCUT2D eigenvalue weighted by Crippen LogP contribution is -2.35. The van der Waals surface area contributed by atoms with Crippen LogP contribution in [0.5, 0.6) is 5.75 Å². The molecule has 0 spiro atoms. The van der Waals surface area contributed by atoms with E-state index in [4.69, 9.17) is 9.15 Å². The molecule has 1 unspecified atom stereocenters. The Labute approximate surface area is 131 Å². The third-order valence-electron chi connectivity index (χ3n) is 3.08. The van der Waals surface area contributed by atoms with Gasteiger partial charge in [-0.3, -0.25) is 4.79 Å². The summed E-state index contributed by atoms with van der Waals surface area (Å²) in [5, 5.41) is 12.3. The molecule has 1 amide bonds. The van der Waals surface area contributed by atoms with E-state index < -0.39 is 23.6 Å². The number of aliphatic hydroxyl groups excluding tert-OH is 1. The van der Waals surface area contributed by atoms with Crippen molar-refractivity contribution in [1.82, 2.24) is 5.32 Å². The van der Waals surface area contributed by atoms with Crippen LogP contribution in [0.1, 0.15) is 21.9 Å². The van der Waals surface area contributed by atoms with Crippen LogP contribution < -0.4 is 10.1 Å². The van der Waals surface area contributed by atoms with Crippen molar-refractivity contribution in [2.45, 2.75) is 20.0 Å². The molecule has 0 radical (unpaired) electrons. The second-order valence-corrected chi connectivity index (χ2v) is 5.12. The molecule has 1 atom stereocenters. The van der Waals surface area contributed by atoms with Crippen LogP contribution in [-0.4, -0.2) is 30.3 Å². The molecule has 0 saturated heterocycles. The van der Waals surface area contributed by atoms with Crippen molar-refractivity contribution < 1.29 is 27.8 Å². The van der Waals surface area contributed by atoms with Gasteiger partial charge in [-0.1, -0.05) is 0 Å². The molecule has 23 heavy (non-hydrogen) atoms. The van der Waals surface area contributed by atoms with E-state index in [2.05, 4.69) is 5.32 Å². The molecular weight excluding hydrogens is 308 g/mol. The van der Waals surface area contributed by atoms with Gasteiger partial charge in [0.25, 0.3) is 5.91 Å². The third kappa shape index (κ3) is 4.53. The van der Waals surface area contributed by atoms with E-state index in [-0.39, 0.29) is 24.7 Å². The lowest BCUT2D eigenvalue weighted by molar-refractivity contribution is 0.0820. The van der Waals surface area contributed by atoms with Crippen molar-refractivity contribution in [3.63, 3.8) is 0 Å². The molecule has 0 aliphatic carbocycles. The second kappa shape index (κ2) is 7.23. The highest BCUT2D eigenvalue weighted by Gasteiger charge is 2.16. The summed E-state index contributed by atoms with van der Waals surface area (Å²) in [5.41, 5.74) is 0.701. The Bertz CT molecular complexity index is 699. The highest BCUT2D eigenvalue weighted by Crippen LogP contribution is 2.16. The molecule has 1 heterocycles. The van der Waals surface area contributed by atoms with Gasteiger partial charge < -0.3 is 19.6 Å². The van der Waals surface area contributed by atoms with Crippen LogP contribution in [0.4, 0.5) is 8.78 Å². The molecule has 124 valence electrons. The van der Waals surface area contributed by atoms with E-state index in [1.54, 1.807) is 19.9 Å². The minimum absolute atomic E-state index is 0.0678. The minimum atomic E-state index is -1.03. The highest BCUT2D eigenvalue weighted by molar-refractivity contribution is 5.92. The van der Waals surface area contributed by atoms with Gasteiger partial charge in [0, 0.05) is 18.2 Å². The number of rotatable bonds is 6. The van der Waals surface area contributed by atoms with Gasteiger partial charge >= 0.3 is 0 Å². The summed E-state index contributed by atoms with van der Waals surface area (Å²) < 4.78 is 36.2. The first-order valence-corrected chi connectivity index (χ1v) is 6.98. The minimum Gasteiger partial charge on any atom is -0.491 e. The van der Waals surface area contributed by atoms with E-state index in [0.717, 1.165) is 12.1 Å². The monoisotopic (exact) mass is 325 g/mol. The van der Waals surface area contributed by atoms with Crippen molar-refractivity contribution in [2.75, 3.05) is 13.2 Å². The number of aliphatic hydroxyl groups is 1. The molecule has 2 aromatic rings. The fourth-order valence-electron chi connectivity index (χ4n) is 1.98. The van der Waals surface area contributed by atoms with Gasteiger partial charge in [-0.25, -0.2) is 8.78 Å². The number of ether oxygens (including phenoxy) is 1. The summed E-state index contributed by atoms with van der Waals surface area (Å²) in [6.07, 6.45) is -1.01. The summed E-state index contributed by atoms with van der Waals surface area (Å²) in [7, 11) is 0. The van der Waals surface area contributed by atoms with E-state index in [1.807, 2.05) is 0 Å². The quantitative estimate of drug-likeness (QED) is 0.855. The van der Waals surface area contributed by atoms with Gasteiger partial charge in [-0.15, -0.1) is 0 Å². The Morgan fingerprint density at radius 2 is 2.04 bits per heavy atom. The predicted octanol–water partition coefficient (Wildman–Crippen LogP) is 2.34. The number of hydrogen-bond acceptors (Lipinski definition) is 4. The standard InChI is InChI=1S/C16H17F2NO4/c1-9-5-10(2)23-15(9)16(21)19-7-11(20)8-22-12-3-4-13(17)14(18)6-12/h3-6,11,20H,7-8H2,1-2H3,(H,19,21). The second-order valence-electron chi connectivity index (χ2n) is 5.12. The summed E-state index contributed by atoms with van der Waals surface area (Å²) in [4.78, 5) is 11.9. The Hall–Kier alpha value is -2.41. The molecule has 5 nitrogen and oxygen atoms in total. The topological polar surface area (TPSA) is 71.7 Å². The normalized spacial score (nSPS) is 12.0. The molecule has 1 aromatic carbocycles. The van der Waals surface area contributed by atoms with Gasteiger partial charge in [0.1, 0.15) is 24.2 Å². The smallest absolute Gasteiger partial charge is 0.287 e. The maximum Gasteiger partial charge on any atom is 0.287 e. The number of carbonyl (C=O) groups excluding carboxylic acids is 1. The van der Waals surface area contributed by atoms with Crippen LogP contribution in [0.25, 0.3) is 0 Å². The zero-order chi connectivity index (χ0) is 17.0. The summed E-state index contributed by atoms with van der Waals surface area (Å²) in [5.74, 6) is -1.55. The van der Waals surface area contributed by atoms with Crippen LogP contribution in [0.3, 0.4) is 0 Å². The van der Waals surface area contributed by atoms with Gasteiger partial charge in [-0.05, 0) is 32.0 Å². The first-order chi connectivity index (χ1) is 10.9. The number of nitrogens with one attached hydrogen (secondary N) is 1. The van der Waals surface area contributed by atoms with Crippen LogP contribution in [0.15, 0.2) is 28.7 Å². The SMILES string of the molecule is Cc1cc(C)c(C(=O)NCC(O)COc2ccc(F)c(F)c2)o1. The lowest BCUT2D eigenvalue weighted by Gasteiger charge is -2.13. The molecular formula is C16H17F2NO4. The fraction of sp³-hybridized carbons (Fsp3) is 0.312. The molecule has 1 aromatic heterocycles. The van der Waals surface area contributed by atoms with E-state index >= 15 is 0 Å². The maximum absolute atomic E-state index is 13.0. The maximum atomic E-state index is 13.0. The average molecular weight is 325 g/mol. The fourth-order valence-corrected chi connectivity index (χ4v) is 1.98. The Kier molecular flexibility index (Phi) is 5.33. The third-order valence-corrected chi connectivity index (χ3v) is 3.08. The zero-order valence-electron chi connectivity index (χ0n) is 12.7. The molecule has 0 bridgehead atoms. The summed E-state index contributed by atoms with van der Waals surface area (Å²) in [6, 6.07) is 4.80. The number of furan rings is 1. The lowest BCUT2D eigenvalue weighted by atomic mass is 10.2. The predicted molar refractivity (Wildman–Crippen MR) is 78.4 cm³/mol. The highest BCUT2D eigenvalue weighted by atomic mass is 19.2. The van der Waals surface area contributed by atoms with Crippen LogP contribution in [-0.2, 0) is 0 Å². The average Bonchev–Trinajstić information content (AvgIpc) is 2.84.